The second-order valence-electron chi connectivity index (χ2n) is 4.96. The first kappa shape index (κ1) is 16.9. The van der Waals surface area contributed by atoms with Crippen molar-refractivity contribution in [2.75, 3.05) is 17.2 Å². The molecule has 0 bridgehead atoms. The number of amides is 1. The van der Waals surface area contributed by atoms with Crippen molar-refractivity contribution in [1.82, 2.24) is 0 Å². The van der Waals surface area contributed by atoms with Crippen LogP contribution in [0.25, 0.3) is 0 Å². The van der Waals surface area contributed by atoms with Gasteiger partial charge in [-0.15, -0.1) is 0 Å². The van der Waals surface area contributed by atoms with Crippen LogP contribution in [0, 0.1) is 17.5 Å². The van der Waals surface area contributed by atoms with Gasteiger partial charge in [-0.25, -0.2) is 13.2 Å². The molecule has 0 aromatic heterocycles. The van der Waals surface area contributed by atoms with Crippen molar-refractivity contribution in [3.05, 3.63) is 59.4 Å². The summed E-state index contributed by atoms with van der Waals surface area (Å²) in [6.07, 6.45) is 0.852. The molecule has 2 N–H and O–H groups in total. The number of para-hydroxylation sites is 1. The first-order valence-corrected chi connectivity index (χ1v) is 7.28. The van der Waals surface area contributed by atoms with E-state index in [2.05, 4.69) is 10.6 Å². The van der Waals surface area contributed by atoms with Gasteiger partial charge in [0.25, 0.3) is 0 Å². The summed E-state index contributed by atoms with van der Waals surface area (Å²) in [4.78, 5) is 11.9. The molecular weight excluding hydrogens is 305 g/mol. The predicted octanol–water partition coefficient (Wildman–Crippen LogP) is 4.11. The minimum Gasteiger partial charge on any atom is -0.382 e. The van der Waals surface area contributed by atoms with E-state index in [9.17, 15) is 18.0 Å². The Balaban J connectivity index is 1.89. The molecule has 2 aromatic rings. The van der Waals surface area contributed by atoms with Crippen LogP contribution in [0.5, 0.6) is 0 Å². The number of carbonyl (C=O) groups is 1. The summed E-state index contributed by atoms with van der Waals surface area (Å²) in [6, 6.07) is 9.37. The SMILES string of the molecule is CCc1ccccc1NC(=O)CCNc1ccc(F)c(F)c1F. The summed E-state index contributed by atoms with van der Waals surface area (Å²) >= 11 is 0. The molecular formula is C17H17F3N2O. The normalized spacial score (nSPS) is 10.4. The molecule has 0 saturated heterocycles. The Bertz CT molecular complexity index is 704. The molecule has 6 heteroatoms. The molecule has 3 nitrogen and oxygen atoms in total. The van der Waals surface area contributed by atoms with Crippen molar-refractivity contribution < 1.29 is 18.0 Å². The summed E-state index contributed by atoms with van der Waals surface area (Å²) in [5, 5.41) is 5.36. The second-order valence-corrected chi connectivity index (χ2v) is 4.96. The Kier molecular flexibility index (Phi) is 5.62. The van der Waals surface area contributed by atoms with Crippen LogP contribution in [0.1, 0.15) is 18.9 Å². The molecule has 122 valence electrons. The van der Waals surface area contributed by atoms with E-state index in [4.69, 9.17) is 0 Å². The fourth-order valence-corrected chi connectivity index (χ4v) is 2.14. The predicted molar refractivity (Wildman–Crippen MR) is 83.9 cm³/mol. The minimum atomic E-state index is -1.53. The fourth-order valence-electron chi connectivity index (χ4n) is 2.14. The van der Waals surface area contributed by atoms with Crippen molar-refractivity contribution in [3.63, 3.8) is 0 Å². The van der Waals surface area contributed by atoms with E-state index in [1.54, 1.807) is 6.07 Å². The first-order valence-electron chi connectivity index (χ1n) is 7.28. The number of aryl methyl sites for hydroxylation is 1. The number of benzene rings is 2. The van der Waals surface area contributed by atoms with Crippen LogP contribution >= 0.6 is 0 Å². The summed E-state index contributed by atoms with van der Waals surface area (Å²) in [5.74, 6) is -4.32. The van der Waals surface area contributed by atoms with Crippen LogP contribution in [0.3, 0.4) is 0 Å². The molecule has 0 heterocycles. The molecule has 0 atom stereocenters. The van der Waals surface area contributed by atoms with Crippen LogP contribution in [-0.2, 0) is 11.2 Å². The molecule has 2 aromatic carbocycles. The van der Waals surface area contributed by atoms with E-state index in [0.717, 1.165) is 29.8 Å². The number of nitrogens with one attached hydrogen (secondary N) is 2. The fraction of sp³-hybridized carbons (Fsp3) is 0.235. The lowest BCUT2D eigenvalue weighted by Gasteiger charge is -2.11. The van der Waals surface area contributed by atoms with E-state index in [0.29, 0.717) is 0 Å². The average molecular weight is 322 g/mol. The van der Waals surface area contributed by atoms with Gasteiger partial charge in [0.2, 0.25) is 5.91 Å². The van der Waals surface area contributed by atoms with Crippen molar-refractivity contribution in [2.45, 2.75) is 19.8 Å². The van der Waals surface area contributed by atoms with Gasteiger partial charge < -0.3 is 10.6 Å². The first-order chi connectivity index (χ1) is 11.0. The molecule has 0 aliphatic heterocycles. The number of anilines is 2. The van der Waals surface area contributed by atoms with Crippen LogP contribution < -0.4 is 10.6 Å². The van der Waals surface area contributed by atoms with E-state index in [1.165, 1.54) is 0 Å². The van der Waals surface area contributed by atoms with Crippen LogP contribution in [0.4, 0.5) is 24.5 Å². The summed E-state index contributed by atoms with van der Waals surface area (Å²) in [6.45, 7) is 2.08. The maximum Gasteiger partial charge on any atom is 0.226 e. The van der Waals surface area contributed by atoms with Gasteiger partial charge in [0.05, 0.1) is 5.69 Å². The maximum absolute atomic E-state index is 13.5. The quantitative estimate of drug-likeness (QED) is 0.786. The summed E-state index contributed by atoms with van der Waals surface area (Å²) in [5.41, 5.74) is 1.57. The lowest BCUT2D eigenvalue weighted by Crippen LogP contribution is -2.17. The molecule has 0 aliphatic rings. The Morgan fingerprint density at radius 2 is 1.74 bits per heavy atom. The molecule has 0 radical (unpaired) electrons. The van der Waals surface area contributed by atoms with Gasteiger partial charge >= 0.3 is 0 Å². The van der Waals surface area contributed by atoms with Crippen LogP contribution in [0.15, 0.2) is 36.4 Å². The van der Waals surface area contributed by atoms with E-state index >= 15 is 0 Å². The highest BCUT2D eigenvalue weighted by Gasteiger charge is 2.13. The van der Waals surface area contributed by atoms with Gasteiger partial charge in [-0.1, -0.05) is 25.1 Å². The van der Waals surface area contributed by atoms with Crippen molar-refractivity contribution in [1.29, 1.82) is 0 Å². The molecule has 23 heavy (non-hydrogen) atoms. The highest BCUT2D eigenvalue weighted by atomic mass is 19.2. The molecule has 2 rings (SSSR count). The molecule has 0 fully saturated rings. The van der Waals surface area contributed by atoms with Gasteiger partial charge in [0.15, 0.2) is 17.5 Å². The number of hydrogen-bond donors (Lipinski definition) is 2. The Labute approximate surface area is 132 Å². The zero-order chi connectivity index (χ0) is 16.8. The van der Waals surface area contributed by atoms with Crippen LogP contribution in [-0.4, -0.2) is 12.5 Å². The maximum atomic E-state index is 13.5. The molecule has 1 amide bonds. The highest BCUT2D eigenvalue weighted by molar-refractivity contribution is 5.91. The highest BCUT2D eigenvalue weighted by Crippen LogP contribution is 2.19. The van der Waals surface area contributed by atoms with E-state index < -0.39 is 17.5 Å². The van der Waals surface area contributed by atoms with Crippen molar-refractivity contribution in [2.24, 2.45) is 0 Å². The van der Waals surface area contributed by atoms with Gasteiger partial charge in [-0.05, 0) is 30.2 Å². The Morgan fingerprint density at radius 1 is 1.00 bits per heavy atom. The largest absolute Gasteiger partial charge is 0.382 e. The average Bonchev–Trinajstić information content (AvgIpc) is 2.55. The Hall–Kier alpha value is -2.50. The van der Waals surface area contributed by atoms with Gasteiger partial charge in [-0.2, -0.15) is 0 Å². The van der Waals surface area contributed by atoms with E-state index in [-0.39, 0.29) is 24.6 Å². The standard InChI is InChI=1S/C17H17F3N2O/c1-2-11-5-3-4-6-13(11)22-15(23)9-10-21-14-8-7-12(18)16(19)17(14)20/h3-8,21H,2,9-10H2,1H3,(H,22,23). The number of rotatable bonds is 6. The van der Waals surface area contributed by atoms with E-state index in [1.807, 2.05) is 25.1 Å². The smallest absolute Gasteiger partial charge is 0.226 e. The molecule has 0 spiro atoms. The second kappa shape index (κ2) is 7.67. The Morgan fingerprint density at radius 3 is 2.48 bits per heavy atom. The number of carbonyl (C=O) groups excluding carboxylic acids is 1. The topological polar surface area (TPSA) is 41.1 Å². The zero-order valence-electron chi connectivity index (χ0n) is 12.6. The van der Waals surface area contributed by atoms with Crippen molar-refractivity contribution >= 4 is 17.3 Å². The van der Waals surface area contributed by atoms with Gasteiger partial charge in [0, 0.05) is 18.7 Å². The molecule has 0 aliphatic carbocycles. The lowest BCUT2D eigenvalue weighted by atomic mass is 10.1. The third-order valence-corrected chi connectivity index (χ3v) is 3.38. The summed E-state index contributed by atoms with van der Waals surface area (Å²) in [7, 11) is 0. The zero-order valence-corrected chi connectivity index (χ0v) is 12.6. The number of hydrogen-bond acceptors (Lipinski definition) is 2. The minimum absolute atomic E-state index is 0.0660. The third kappa shape index (κ3) is 4.25. The van der Waals surface area contributed by atoms with Gasteiger partial charge in [0.1, 0.15) is 0 Å². The summed E-state index contributed by atoms with van der Waals surface area (Å²) < 4.78 is 39.3. The monoisotopic (exact) mass is 322 g/mol. The van der Waals surface area contributed by atoms with Crippen molar-refractivity contribution in [3.8, 4) is 0 Å². The third-order valence-electron chi connectivity index (χ3n) is 3.38. The molecule has 0 saturated carbocycles. The molecule has 0 unspecified atom stereocenters. The van der Waals surface area contributed by atoms with Crippen LogP contribution in [0.2, 0.25) is 0 Å². The number of halogens is 3. The van der Waals surface area contributed by atoms with Gasteiger partial charge in [-0.3, -0.25) is 4.79 Å². The lowest BCUT2D eigenvalue weighted by molar-refractivity contribution is -0.115.